The largest absolute Gasteiger partial charge is 0.507 e. The van der Waals surface area contributed by atoms with E-state index < -0.39 is 5.60 Å². The number of carbonyl (C=O) groups excluding carboxylic acids is 2. The molecule has 2 aromatic carbocycles. The molecular formula is C26H29N3O5. The number of ketones is 1. The van der Waals surface area contributed by atoms with E-state index in [1.807, 2.05) is 50.1 Å². The molecule has 178 valence electrons. The van der Waals surface area contributed by atoms with Crippen molar-refractivity contribution in [2.45, 2.75) is 51.2 Å². The SMILES string of the molecule is Cn1c([C@H]2CCCCN2C(=O)COc2cc(O)c3c(c2)OC(C)(C)CC3=O)nc2ccccc21. The fourth-order valence-corrected chi connectivity index (χ4v) is 5.02. The molecule has 2 aliphatic rings. The number of fused-ring (bicyclic) bond motifs is 2. The lowest BCUT2D eigenvalue weighted by Crippen LogP contribution is -2.42. The quantitative estimate of drug-likeness (QED) is 0.625. The Balaban J connectivity index is 1.35. The molecule has 0 radical (unpaired) electrons. The summed E-state index contributed by atoms with van der Waals surface area (Å²) in [5.41, 5.74) is 1.44. The van der Waals surface area contributed by atoms with Crippen LogP contribution in [0.4, 0.5) is 0 Å². The molecule has 3 aromatic rings. The third kappa shape index (κ3) is 3.97. The summed E-state index contributed by atoms with van der Waals surface area (Å²) in [6, 6.07) is 10.8. The minimum Gasteiger partial charge on any atom is -0.507 e. The van der Waals surface area contributed by atoms with Gasteiger partial charge in [0.25, 0.3) is 5.91 Å². The number of aryl methyl sites for hydroxylation is 1. The lowest BCUT2D eigenvalue weighted by Gasteiger charge is -2.35. The highest BCUT2D eigenvalue weighted by molar-refractivity contribution is 6.03. The summed E-state index contributed by atoms with van der Waals surface area (Å²) in [6.07, 6.45) is 2.98. The molecule has 0 unspecified atom stereocenters. The van der Waals surface area contributed by atoms with E-state index in [-0.39, 0.29) is 53.6 Å². The van der Waals surface area contributed by atoms with Crippen molar-refractivity contribution in [3.8, 4) is 17.2 Å². The number of aromatic nitrogens is 2. The van der Waals surface area contributed by atoms with Gasteiger partial charge in [0.15, 0.2) is 12.4 Å². The first-order chi connectivity index (χ1) is 16.2. The summed E-state index contributed by atoms with van der Waals surface area (Å²) < 4.78 is 13.7. The van der Waals surface area contributed by atoms with Gasteiger partial charge >= 0.3 is 0 Å². The summed E-state index contributed by atoms with van der Waals surface area (Å²) in [4.78, 5) is 32.3. The van der Waals surface area contributed by atoms with Gasteiger partial charge in [-0.1, -0.05) is 12.1 Å². The van der Waals surface area contributed by atoms with Crippen LogP contribution in [0.1, 0.15) is 61.8 Å². The summed E-state index contributed by atoms with van der Waals surface area (Å²) in [5, 5.41) is 10.4. The fourth-order valence-electron chi connectivity index (χ4n) is 5.02. The Kier molecular flexibility index (Phi) is 5.46. The molecule has 8 heteroatoms. The maximum absolute atomic E-state index is 13.2. The van der Waals surface area contributed by atoms with E-state index in [2.05, 4.69) is 4.57 Å². The van der Waals surface area contributed by atoms with Gasteiger partial charge in [0.05, 0.1) is 23.5 Å². The number of imidazole rings is 1. The Morgan fingerprint density at radius 1 is 1.26 bits per heavy atom. The van der Waals surface area contributed by atoms with Gasteiger partial charge in [-0.25, -0.2) is 4.98 Å². The van der Waals surface area contributed by atoms with Gasteiger partial charge in [0, 0.05) is 25.7 Å². The second kappa shape index (κ2) is 8.34. The highest BCUT2D eigenvalue weighted by Crippen LogP contribution is 2.41. The van der Waals surface area contributed by atoms with Crippen molar-refractivity contribution in [2.24, 2.45) is 7.05 Å². The normalized spacial score (nSPS) is 19.6. The molecule has 1 amide bonds. The summed E-state index contributed by atoms with van der Waals surface area (Å²) in [5.74, 6) is 0.910. The van der Waals surface area contributed by atoms with E-state index >= 15 is 0 Å². The van der Waals surface area contributed by atoms with E-state index in [0.717, 1.165) is 36.1 Å². The standard InChI is InChI=1S/C26H29N3O5/c1-26(2)14-21(31)24-20(30)12-16(13-22(24)34-26)33-15-23(32)29-11-7-6-10-19(29)25-27-17-8-4-5-9-18(17)28(25)3/h4-5,8-9,12-13,19,30H,6-7,10-11,14-15H2,1-3H3/t19-/m1/s1. The van der Waals surface area contributed by atoms with Gasteiger partial charge in [-0.3, -0.25) is 9.59 Å². The molecule has 1 aromatic heterocycles. The molecule has 0 bridgehead atoms. The minimum atomic E-state index is -0.669. The van der Waals surface area contributed by atoms with Crippen LogP contribution in [0.5, 0.6) is 17.2 Å². The number of Topliss-reactive ketones (excluding diaryl/α,β-unsaturated/α-hetero) is 1. The number of hydrogen-bond acceptors (Lipinski definition) is 6. The average molecular weight is 464 g/mol. The van der Waals surface area contributed by atoms with E-state index in [1.54, 1.807) is 6.07 Å². The van der Waals surface area contributed by atoms with Crippen LogP contribution in [-0.4, -0.2) is 50.0 Å². The lowest BCUT2D eigenvalue weighted by molar-refractivity contribution is -0.137. The monoisotopic (exact) mass is 463 g/mol. The molecule has 5 rings (SSSR count). The van der Waals surface area contributed by atoms with Gasteiger partial charge in [0.2, 0.25) is 0 Å². The molecule has 1 fully saturated rings. The first kappa shape index (κ1) is 22.3. The van der Waals surface area contributed by atoms with Crippen molar-refractivity contribution in [2.75, 3.05) is 13.2 Å². The van der Waals surface area contributed by atoms with Gasteiger partial charge < -0.3 is 24.0 Å². The predicted octanol–water partition coefficient (Wildman–Crippen LogP) is 4.16. The van der Waals surface area contributed by atoms with Crippen LogP contribution in [0, 0.1) is 0 Å². The van der Waals surface area contributed by atoms with Gasteiger partial charge in [-0.2, -0.15) is 0 Å². The van der Waals surface area contributed by atoms with Crippen LogP contribution in [0.3, 0.4) is 0 Å². The maximum Gasteiger partial charge on any atom is 0.261 e. The highest BCUT2D eigenvalue weighted by atomic mass is 16.5. The van der Waals surface area contributed by atoms with E-state index in [9.17, 15) is 14.7 Å². The number of likely N-dealkylation sites (tertiary alicyclic amines) is 1. The van der Waals surface area contributed by atoms with Crippen molar-refractivity contribution >= 4 is 22.7 Å². The highest BCUT2D eigenvalue weighted by Gasteiger charge is 2.35. The molecule has 8 nitrogen and oxygen atoms in total. The Morgan fingerprint density at radius 2 is 2.06 bits per heavy atom. The van der Waals surface area contributed by atoms with Crippen LogP contribution in [0.2, 0.25) is 0 Å². The van der Waals surface area contributed by atoms with Crippen molar-refractivity contribution in [3.63, 3.8) is 0 Å². The third-order valence-corrected chi connectivity index (χ3v) is 6.61. The topological polar surface area (TPSA) is 93.9 Å². The van der Waals surface area contributed by atoms with Crippen LogP contribution in [0.15, 0.2) is 36.4 Å². The number of hydrogen-bond donors (Lipinski definition) is 1. The zero-order valence-electron chi connectivity index (χ0n) is 19.7. The number of piperidine rings is 1. The number of carbonyl (C=O) groups is 2. The van der Waals surface area contributed by atoms with Crippen LogP contribution in [-0.2, 0) is 11.8 Å². The zero-order valence-corrected chi connectivity index (χ0v) is 19.7. The molecule has 2 aliphatic heterocycles. The Hall–Kier alpha value is -3.55. The third-order valence-electron chi connectivity index (χ3n) is 6.61. The van der Waals surface area contributed by atoms with Crippen LogP contribution >= 0.6 is 0 Å². The van der Waals surface area contributed by atoms with Gasteiger partial charge in [-0.05, 0) is 45.2 Å². The van der Waals surface area contributed by atoms with Gasteiger partial charge in [-0.15, -0.1) is 0 Å². The lowest BCUT2D eigenvalue weighted by atomic mass is 9.92. The number of nitrogens with zero attached hydrogens (tertiary/aromatic N) is 3. The van der Waals surface area contributed by atoms with Crippen molar-refractivity contribution < 1.29 is 24.2 Å². The average Bonchev–Trinajstić information content (AvgIpc) is 3.12. The number of phenols is 1. The maximum atomic E-state index is 13.2. The molecule has 1 saturated heterocycles. The number of rotatable bonds is 4. The molecule has 0 saturated carbocycles. The first-order valence-corrected chi connectivity index (χ1v) is 11.7. The fraction of sp³-hybridized carbons (Fsp3) is 0.423. The molecule has 3 heterocycles. The van der Waals surface area contributed by atoms with Gasteiger partial charge in [0.1, 0.15) is 34.2 Å². The van der Waals surface area contributed by atoms with Crippen molar-refractivity contribution in [1.29, 1.82) is 0 Å². The number of para-hydroxylation sites is 2. The minimum absolute atomic E-state index is 0.124. The van der Waals surface area contributed by atoms with Crippen molar-refractivity contribution in [3.05, 3.63) is 47.8 Å². The molecule has 1 atom stereocenters. The predicted molar refractivity (Wildman–Crippen MR) is 126 cm³/mol. The smallest absolute Gasteiger partial charge is 0.261 e. The molecule has 1 N–H and O–H groups in total. The number of aromatic hydroxyl groups is 1. The number of benzene rings is 2. The Bertz CT molecular complexity index is 1280. The molecule has 34 heavy (non-hydrogen) atoms. The summed E-state index contributed by atoms with van der Waals surface area (Å²) in [7, 11) is 1.98. The summed E-state index contributed by atoms with van der Waals surface area (Å²) in [6.45, 7) is 4.09. The van der Waals surface area contributed by atoms with E-state index in [4.69, 9.17) is 14.5 Å². The molecule has 0 spiro atoms. The van der Waals surface area contributed by atoms with E-state index in [0.29, 0.717) is 6.54 Å². The van der Waals surface area contributed by atoms with Crippen LogP contribution < -0.4 is 9.47 Å². The zero-order chi connectivity index (χ0) is 24.0. The number of phenolic OH excluding ortho intramolecular Hbond substituents is 1. The first-order valence-electron chi connectivity index (χ1n) is 11.7. The molecule has 0 aliphatic carbocycles. The molecular weight excluding hydrogens is 434 g/mol. The van der Waals surface area contributed by atoms with Crippen LogP contribution in [0.25, 0.3) is 11.0 Å². The van der Waals surface area contributed by atoms with Crippen molar-refractivity contribution in [1.82, 2.24) is 14.5 Å². The number of amides is 1. The Labute approximate surface area is 198 Å². The summed E-state index contributed by atoms with van der Waals surface area (Å²) >= 11 is 0. The number of ether oxygens (including phenoxy) is 2. The second-order valence-corrected chi connectivity index (χ2v) is 9.68. The second-order valence-electron chi connectivity index (χ2n) is 9.68. The Morgan fingerprint density at radius 3 is 2.85 bits per heavy atom. The van der Waals surface area contributed by atoms with E-state index in [1.165, 1.54) is 6.07 Å².